The molecule has 0 atom stereocenters. The van der Waals surface area contributed by atoms with E-state index in [2.05, 4.69) is 15.3 Å². The van der Waals surface area contributed by atoms with Crippen molar-refractivity contribution in [3.63, 3.8) is 0 Å². The molecule has 0 aliphatic rings. The number of aromatic hydroxyl groups is 1. The minimum absolute atomic E-state index is 0.0547. The lowest BCUT2D eigenvalue weighted by Crippen LogP contribution is -2.05. The van der Waals surface area contributed by atoms with Gasteiger partial charge < -0.3 is 19.9 Å². The molecule has 1 aromatic carbocycles. The number of methoxy groups -OCH3 is 2. The van der Waals surface area contributed by atoms with Crippen molar-refractivity contribution in [2.24, 2.45) is 0 Å². The van der Waals surface area contributed by atoms with E-state index in [1.807, 2.05) is 6.07 Å². The molecule has 0 amide bonds. The van der Waals surface area contributed by atoms with Crippen molar-refractivity contribution in [2.45, 2.75) is 6.54 Å². The molecule has 0 saturated carbocycles. The lowest BCUT2D eigenvalue weighted by Gasteiger charge is -2.12. The molecule has 7 nitrogen and oxygen atoms in total. The highest BCUT2D eigenvalue weighted by molar-refractivity contribution is 5.54. The van der Waals surface area contributed by atoms with Gasteiger partial charge in [-0.2, -0.15) is 5.26 Å². The number of hydrogen-bond donors (Lipinski definition) is 2. The Morgan fingerprint density at radius 2 is 1.81 bits per heavy atom. The molecule has 0 radical (unpaired) electrons. The Kier molecular flexibility index (Phi) is 4.41. The Bertz CT molecular complexity index is 657. The fourth-order valence-electron chi connectivity index (χ4n) is 1.78. The van der Waals surface area contributed by atoms with Crippen molar-refractivity contribution >= 4 is 5.82 Å². The van der Waals surface area contributed by atoms with Crippen LogP contribution in [0.5, 0.6) is 17.2 Å². The maximum atomic E-state index is 9.84. The van der Waals surface area contributed by atoms with Crippen LogP contribution >= 0.6 is 0 Å². The first-order valence-electron chi connectivity index (χ1n) is 6.08. The zero-order chi connectivity index (χ0) is 15.2. The van der Waals surface area contributed by atoms with Gasteiger partial charge >= 0.3 is 0 Å². The summed E-state index contributed by atoms with van der Waals surface area (Å²) in [5.41, 5.74) is 1.02. The van der Waals surface area contributed by atoms with E-state index in [-0.39, 0.29) is 11.4 Å². The van der Waals surface area contributed by atoms with Crippen LogP contribution in [0.1, 0.15) is 11.3 Å². The Balaban J connectivity index is 2.22. The predicted molar refractivity (Wildman–Crippen MR) is 75.3 cm³/mol. The molecule has 0 aliphatic carbocycles. The third kappa shape index (κ3) is 3.12. The zero-order valence-corrected chi connectivity index (χ0v) is 11.6. The number of nitrogens with one attached hydrogen (secondary N) is 1. The van der Waals surface area contributed by atoms with E-state index in [0.29, 0.717) is 23.9 Å². The highest BCUT2D eigenvalue weighted by Crippen LogP contribution is 2.37. The number of hydrogen-bond acceptors (Lipinski definition) is 7. The van der Waals surface area contributed by atoms with Crippen molar-refractivity contribution in [2.75, 3.05) is 19.5 Å². The Morgan fingerprint density at radius 1 is 1.19 bits per heavy atom. The summed E-state index contributed by atoms with van der Waals surface area (Å²) < 4.78 is 10.2. The molecule has 1 heterocycles. The fraction of sp³-hybridized carbons (Fsp3) is 0.214. The molecule has 0 bridgehead atoms. The molecule has 0 fully saturated rings. The van der Waals surface area contributed by atoms with E-state index >= 15 is 0 Å². The first-order valence-corrected chi connectivity index (χ1v) is 6.08. The van der Waals surface area contributed by atoms with Crippen LogP contribution in [0.15, 0.2) is 24.5 Å². The molecule has 2 aromatic rings. The highest BCUT2D eigenvalue weighted by atomic mass is 16.5. The van der Waals surface area contributed by atoms with Gasteiger partial charge in [-0.1, -0.05) is 0 Å². The first-order chi connectivity index (χ1) is 10.2. The second kappa shape index (κ2) is 6.43. The van der Waals surface area contributed by atoms with Gasteiger partial charge in [-0.25, -0.2) is 9.97 Å². The van der Waals surface area contributed by atoms with E-state index in [1.165, 1.54) is 26.6 Å². The lowest BCUT2D eigenvalue weighted by atomic mass is 10.2. The Labute approximate surface area is 121 Å². The SMILES string of the molecule is COc1cc(CNc2nccnc2C#N)cc(OC)c1O. The van der Waals surface area contributed by atoms with Crippen molar-refractivity contribution in [3.05, 3.63) is 35.8 Å². The monoisotopic (exact) mass is 286 g/mol. The first kappa shape index (κ1) is 14.4. The minimum Gasteiger partial charge on any atom is -0.502 e. The van der Waals surface area contributed by atoms with Gasteiger partial charge in [-0.3, -0.25) is 0 Å². The van der Waals surface area contributed by atoms with Crippen molar-refractivity contribution in [1.82, 2.24) is 9.97 Å². The predicted octanol–water partition coefficient (Wildman–Crippen LogP) is 1.68. The van der Waals surface area contributed by atoms with E-state index in [9.17, 15) is 5.11 Å². The summed E-state index contributed by atoms with van der Waals surface area (Å²) in [6.07, 6.45) is 2.96. The zero-order valence-electron chi connectivity index (χ0n) is 11.6. The van der Waals surface area contributed by atoms with Gasteiger partial charge in [0.2, 0.25) is 5.75 Å². The molecule has 0 saturated heterocycles. The second-order valence-electron chi connectivity index (χ2n) is 4.07. The van der Waals surface area contributed by atoms with Gasteiger partial charge in [0.25, 0.3) is 0 Å². The quantitative estimate of drug-likeness (QED) is 0.862. The summed E-state index contributed by atoms with van der Waals surface area (Å²) in [4.78, 5) is 7.97. The molecular formula is C14H14N4O3. The summed E-state index contributed by atoms with van der Waals surface area (Å²) in [5.74, 6) is 0.962. The number of anilines is 1. The molecule has 2 N–H and O–H groups in total. The minimum atomic E-state index is -0.0547. The summed E-state index contributed by atoms with van der Waals surface area (Å²) in [6, 6.07) is 5.31. The van der Waals surface area contributed by atoms with Gasteiger partial charge in [-0.15, -0.1) is 0 Å². The second-order valence-corrected chi connectivity index (χ2v) is 4.07. The van der Waals surface area contributed by atoms with Crippen LogP contribution in [-0.4, -0.2) is 29.3 Å². The molecule has 2 rings (SSSR count). The molecular weight excluding hydrogens is 272 g/mol. The maximum absolute atomic E-state index is 9.84. The highest BCUT2D eigenvalue weighted by Gasteiger charge is 2.11. The van der Waals surface area contributed by atoms with Crippen LogP contribution in [0, 0.1) is 11.3 Å². The van der Waals surface area contributed by atoms with Crippen LogP contribution in [0.25, 0.3) is 0 Å². The summed E-state index contributed by atoms with van der Waals surface area (Å²) in [5, 5.41) is 21.8. The van der Waals surface area contributed by atoms with Crippen LogP contribution in [-0.2, 0) is 6.54 Å². The molecule has 0 aliphatic heterocycles. The van der Waals surface area contributed by atoms with Gasteiger partial charge in [0.15, 0.2) is 23.0 Å². The maximum Gasteiger partial charge on any atom is 0.200 e. The van der Waals surface area contributed by atoms with Crippen LogP contribution in [0.4, 0.5) is 5.82 Å². The van der Waals surface area contributed by atoms with Gasteiger partial charge in [0.1, 0.15) is 6.07 Å². The third-order valence-corrected chi connectivity index (χ3v) is 2.80. The van der Waals surface area contributed by atoms with E-state index in [4.69, 9.17) is 14.7 Å². The van der Waals surface area contributed by atoms with Gasteiger partial charge in [-0.05, 0) is 17.7 Å². The number of nitrogens with zero attached hydrogens (tertiary/aromatic N) is 3. The van der Waals surface area contributed by atoms with Crippen LogP contribution in [0.2, 0.25) is 0 Å². The van der Waals surface area contributed by atoms with Crippen LogP contribution in [0.3, 0.4) is 0 Å². The molecule has 108 valence electrons. The van der Waals surface area contributed by atoms with Crippen molar-refractivity contribution in [3.8, 4) is 23.3 Å². The number of ether oxygens (including phenoxy) is 2. The van der Waals surface area contributed by atoms with E-state index in [0.717, 1.165) is 5.56 Å². The number of phenolic OH excluding ortho intramolecular Hbond substituents is 1. The van der Waals surface area contributed by atoms with Crippen LogP contribution < -0.4 is 14.8 Å². The normalized spacial score (nSPS) is 9.76. The topological polar surface area (TPSA) is 100 Å². The average Bonchev–Trinajstić information content (AvgIpc) is 2.54. The number of nitriles is 1. The number of phenols is 1. The van der Waals surface area contributed by atoms with E-state index in [1.54, 1.807) is 12.1 Å². The Hall–Kier alpha value is -3.01. The Morgan fingerprint density at radius 3 is 2.38 bits per heavy atom. The molecule has 7 heteroatoms. The average molecular weight is 286 g/mol. The van der Waals surface area contributed by atoms with Crippen molar-refractivity contribution in [1.29, 1.82) is 5.26 Å². The molecule has 1 aromatic heterocycles. The molecule has 0 unspecified atom stereocenters. The largest absolute Gasteiger partial charge is 0.502 e. The summed E-state index contributed by atoms with van der Waals surface area (Å²) in [6.45, 7) is 0.375. The standard InChI is InChI=1S/C14H14N4O3/c1-20-11-5-9(6-12(21-2)13(11)19)8-18-14-10(7-15)16-3-4-17-14/h3-6,19H,8H2,1-2H3,(H,17,18). The number of benzene rings is 1. The molecule has 21 heavy (non-hydrogen) atoms. The number of aromatic nitrogens is 2. The fourth-order valence-corrected chi connectivity index (χ4v) is 1.78. The van der Waals surface area contributed by atoms with Crippen molar-refractivity contribution < 1.29 is 14.6 Å². The summed E-state index contributed by atoms with van der Waals surface area (Å²) in [7, 11) is 2.92. The lowest BCUT2D eigenvalue weighted by molar-refractivity contribution is 0.339. The van der Waals surface area contributed by atoms with E-state index < -0.39 is 0 Å². The smallest absolute Gasteiger partial charge is 0.200 e. The number of rotatable bonds is 5. The van der Waals surface area contributed by atoms with Gasteiger partial charge in [0.05, 0.1) is 14.2 Å². The molecule has 0 spiro atoms. The summed E-state index contributed by atoms with van der Waals surface area (Å²) >= 11 is 0. The van der Waals surface area contributed by atoms with Gasteiger partial charge in [0, 0.05) is 18.9 Å². The third-order valence-electron chi connectivity index (χ3n) is 2.80.